The molecular weight excluding hydrogens is 338 g/mol. The molecule has 142 valence electrons. The topological polar surface area (TPSA) is 61.4 Å². The first-order chi connectivity index (χ1) is 13.1. The van der Waals surface area contributed by atoms with Crippen molar-refractivity contribution in [3.8, 4) is 0 Å². The maximum Gasteiger partial charge on any atom is 0.251 e. The summed E-state index contributed by atoms with van der Waals surface area (Å²) in [6, 6.07) is 17.6. The molecule has 1 heterocycles. The molecule has 0 atom stereocenters. The van der Waals surface area contributed by atoms with E-state index in [9.17, 15) is 9.59 Å². The summed E-state index contributed by atoms with van der Waals surface area (Å²) >= 11 is 0. The lowest BCUT2D eigenvalue weighted by atomic mass is 10.0. The Labute approximate surface area is 160 Å². The summed E-state index contributed by atoms with van der Waals surface area (Å²) < 4.78 is 0. The number of benzene rings is 2. The minimum atomic E-state index is -0.0232. The number of nitrogens with zero attached hydrogens (tertiary/aromatic N) is 1. The minimum Gasteiger partial charge on any atom is -0.351 e. The van der Waals surface area contributed by atoms with Crippen LogP contribution in [-0.4, -0.2) is 42.4 Å². The second kappa shape index (κ2) is 9.33. The largest absolute Gasteiger partial charge is 0.351 e. The van der Waals surface area contributed by atoms with Crippen molar-refractivity contribution in [2.75, 3.05) is 19.6 Å². The molecule has 1 fully saturated rings. The van der Waals surface area contributed by atoms with E-state index >= 15 is 0 Å². The fourth-order valence-electron chi connectivity index (χ4n) is 3.26. The normalized spacial score (nSPS) is 15.3. The van der Waals surface area contributed by atoms with Crippen LogP contribution in [0.2, 0.25) is 0 Å². The highest BCUT2D eigenvalue weighted by atomic mass is 16.2. The highest BCUT2D eigenvalue weighted by Crippen LogP contribution is 2.11. The van der Waals surface area contributed by atoms with Crippen LogP contribution in [0.3, 0.4) is 0 Å². The molecule has 5 nitrogen and oxygen atoms in total. The molecule has 0 radical (unpaired) electrons. The van der Waals surface area contributed by atoms with Crippen molar-refractivity contribution in [2.24, 2.45) is 0 Å². The summed E-state index contributed by atoms with van der Waals surface area (Å²) in [5.41, 5.74) is 3.01. The Balaban J connectivity index is 1.37. The minimum absolute atomic E-state index is 0.0232. The molecule has 2 amide bonds. The molecule has 27 heavy (non-hydrogen) atoms. The van der Waals surface area contributed by atoms with Gasteiger partial charge in [-0.2, -0.15) is 0 Å². The van der Waals surface area contributed by atoms with Crippen molar-refractivity contribution in [3.63, 3.8) is 0 Å². The Morgan fingerprint density at radius 2 is 1.67 bits per heavy atom. The maximum absolute atomic E-state index is 12.2. The molecular formula is C22H27N3O2. The van der Waals surface area contributed by atoms with Gasteiger partial charge in [-0.15, -0.1) is 0 Å². The number of hydrogen-bond acceptors (Lipinski definition) is 3. The summed E-state index contributed by atoms with van der Waals surface area (Å²) in [5, 5.41) is 6.07. The Hall–Kier alpha value is -2.66. The number of hydrogen-bond donors (Lipinski definition) is 2. The van der Waals surface area contributed by atoms with Gasteiger partial charge in [-0.05, 0) is 37.5 Å². The average Bonchev–Trinajstić information content (AvgIpc) is 2.70. The molecule has 2 aromatic carbocycles. The summed E-state index contributed by atoms with van der Waals surface area (Å²) in [6.45, 7) is 4.65. The number of carbonyl (C=O) groups excluding carboxylic acids is 2. The van der Waals surface area contributed by atoms with Crippen LogP contribution in [0.15, 0.2) is 54.6 Å². The van der Waals surface area contributed by atoms with E-state index in [0.717, 1.165) is 31.5 Å². The van der Waals surface area contributed by atoms with Gasteiger partial charge in [0.15, 0.2) is 0 Å². The lowest BCUT2D eigenvalue weighted by Crippen LogP contribution is -2.47. The number of piperidine rings is 1. The number of nitrogens with one attached hydrogen (secondary N) is 2. The zero-order valence-electron chi connectivity index (χ0n) is 15.8. The van der Waals surface area contributed by atoms with Crippen molar-refractivity contribution in [2.45, 2.75) is 32.4 Å². The molecule has 5 heteroatoms. The van der Waals surface area contributed by atoms with E-state index in [2.05, 4.69) is 27.7 Å². The van der Waals surface area contributed by atoms with Crippen LogP contribution >= 0.6 is 0 Å². The van der Waals surface area contributed by atoms with E-state index in [1.807, 2.05) is 49.4 Å². The highest BCUT2D eigenvalue weighted by molar-refractivity contribution is 5.94. The van der Waals surface area contributed by atoms with Gasteiger partial charge in [0, 0.05) is 31.2 Å². The summed E-state index contributed by atoms with van der Waals surface area (Å²) in [7, 11) is 0. The molecule has 3 rings (SSSR count). The fraction of sp³-hybridized carbons (Fsp3) is 0.364. The molecule has 2 N–H and O–H groups in total. The van der Waals surface area contributed by atoms with Crippen LogP contribution in [0.5, 0.6) is 0 Å². The zero-order chi connectivity index (χ0) is 19.1. The van der Waals surface area contributed by atoms with Gasteiger partial charge in [-0.3, -0.25) is 14.5 Å². The molecule has 1 aliphatic rings. The molecule has 0 saturated carbocycles. The van der Waals surface area contributed by atoms with E-state index in [1.54, 1.807) is 0 Å². The van der Waals surface area contributed by atoms with Gasteiger partial charge in [0.1, 0.15) is 0 Å². The SMILES string of the molecule is Cc1ccc(CNC(=O)CN2CCC(NC(=O)c3ccccc3)CC2)cc1. The molecule has 1 saturated heterocycles. The van der Waals surface area contributed by atoms with Crippen LogP contribution in [0.4, 0.5) is 0 Å². The van der Waals surface area contributed by atoms with Crippen LogP contribution in [0, 0.1) is 6.92 Å². The highest BCUT2D eigenvalue weighted by Gasteiger charge is 2.22. The molecule has 0 aromatic heterocycles. The lowest BCUT2D eigenvalue weighted by molar-refractivity contribution is -0.122. The molecule has 1 aliphatic heterocycles. The van der Waals surface area contributed by atoms with Crippen LogP contribution < -0.4 is 10.6 Å². The monoisotopic (exact) mass is 365 g/mol. The first-order valence-corrected chi connectivity index (χ1v) is 9.50. The van der Waals surface area contributed by atoms with Crippen LogP contribution in [-0.2, 0) is 11.3 Å². The fourth-order valence-corrected chi connectivity index (χ4v) is 3.26. The Kier molecular flexibility index (Phi) is 6.60. The van der Waals surface area contributed by atoms with E-state index < -0.39 is 0 Å². The van der Waals surface area contributed by atoms with Crippen LogP contribution in [0.25, 0.3) is 0 Å². The van der Waals surface area contributed by atoms with Crippen molar-refractivity contribution < 1.29 is 9.59 Å². The van der Waals surface area contributed by atoms with E-state index in [-0.39, 0.29) is 17.9 Å². The predicted octanol–water partition coefficient (Wildman–Crippen LogP) is 2.51. The third kappa shape index (κ3) is 5.93. The quantitative estimate of drug-likeness (QED) is 0.827. The first-order valence-electron chi connectivity index (χ1n) is 9.50. The van der Waals surface area contributed by atoms with Crippen molar-refractivity contribution in [1.29, 1.82) is 0 Å². The van der Waals surface area contributed by atoms with Gasteiger partial charge in [-0.25, -0.2) is 0 Å². The molecule has 0 spiro atoms. The van der Waals surface area contributed by atoms with Gasteiger partial charge < -0.3 is 10.6 Å². The number of rotatable bonds is 6. The van der Waals surface area contributed by atoms with Crippen molar-refractivity contribution in [3.05, 3.63) is 71.3 Å². The van der Waals surface area contributed by atoms with Crippen molar-refractivity contribution in [1.82, 2.24) is 15.5 Å². The van der Waals surface area contributed by atoms with E-state index in [1.165, 1.54) is 5.56 Å². The van der Waals surface area contributed by atoms with Gasteiger partial charge in [0.2, 0.25) is 5.91 Å². The van der Waals surface area contributed by atoms with Gasteiger partial charge in [0.25, 0.3) is 5.91 Å². The third-order valence-corrected chi connectivity index (χ3v) is 4.94. The Morgan fingerprint density at radius 3 is 2.33 bits per heavy atom. The number of amides is 2. The van der Waals surface area contributed by atoms with Gasteiger partial charge >= 0.3 is 0 Å². The van der Waals surface area contributed by atoms with E-state index in [0.29, 0.717) is 18.7 Å². The lowest BCUT2D eigenvalue weighted by Gasteiger charge is -2.31. The zero-order valence-corrected chi connectivity index (χ0v) is 15.8. The Morgan fingerprint density at radius 1 is 1.00 bits per heavy atom. The molecule has 0 unspecified atom stereocenters. The maximum atomic E-state index is 12.2. The summed E-state index contributed by atoms with van der Waals surface area (Å²) in [5.74, 6) is 0.0206. The molecule has 0 bridgehead atoms. The predicted molar refractivity (Wildman–Crippen MR) is 106 cm³/mol. The molecule has 0 aliphatic carbocycles. The van der Waals surface area contributed by atoms with Gasteiger partial charge in [-0.1, -0.05) is 48.0 Å². The average molecular weight is 365 g/mol. The second-order valence-corrected chi connectivity index (χ2v) is 7.15. The first kappa shape index (κ1) is 19.1. The number of carbonyl (C=O) groups is 2. The number of aryl methyl sites for hydroxylation is 1. The smallest absolute Gasteiger partial charge is 0.251 e. The van der Waals surface area contributed by atoms with Crippen LogP contribution in [0.1, 0.15) is 34.3 Å². The standard InChI is InChI=1S/C22H27N3O2/c1-17-7-9-18(10-8-17)15-23-21(26)16-25-13-11-20(12-14-25)24-22(27)19-5-3-2-4-6-19/h2-10,20H,11-16H2,1H3,(H,23,26)(H,24,27). The Bertz CT molecular complexity index is 751. The molecule has 2 aromatic rings. The van der Waals surface area contributed by atoms with Crippen molar-refractivity contribution >= 4 is 11.8 Å². The number of likely N-dealkylation sites (tertiary alicyclic amines) is 1. The third-order valence-electron chi connectivity index (χ3n) is 4.94. The second-order valence-electron chi connectivity index (χ2n) is 7.15. The van der Waals surface area contributed by atoms with E-state index in [4.69, 9.17) is 0 Å². The van der Waals surface area contributed by atoms with Gasteiger partial charge in [0.05, 0.1) is 6.54 Å². The summed E-state index contributed by atoms with van der Waals surface area (Å²) in [4.78, 5) is 26.5. The summed E-state index contributed by atoms with van der Waals surface area (Å²) in [6.07, 6.45) is 1.73.